The molecule has 0 aromatic heterocycles. The van der Waals surface area contributed by atoms with Crippen molar-refractivity contribution in [3.63, 3.8) is 0 Å². The summed E-state index contributed by atoms with van der Waals surface area (Å²) in [5, 5.41) is 11.3. The lowest BCUT2D eigenvalue weighted by Gasteiger charge is -2.27. The van der Waals surface area contributed by atoms with Gasteiger partial charge in [0.05, 0.1) is 11.1 Å². The highest BCUT2D eigenvalue weighted by molar-refractivity contribution is 5.98. The van der Waals surface area contributed by atoms with E-state index >= 15 is 0 Å². The van der Waals surface area contributed by atoms with Crippen LogP contribution >= 0.6 is 0 Å². The van der Waals surface area contributed by atoms with Crippen molar-refractivity contribution < 1.29 is 28.6 Å². The second-order valence-corrected chi connectivity index (χ2v) is 6.87. The number of nitrogens with one attached hydrogen (secondary N) is 1. The van der Waals surface area contributed by atoms with Crippen LogP contribution in [0.2, 0.25) is 0 Å². The van der Waals surface area contributed by atoms with Crippen LogP contribution in [-0.2, 0) is 9.53 Å². The van der Waals surface area contributed by atoms with E-state index in [1.165, 1.54) is 0 Å². The van der Waals surface area contributed by atoms with Crippen LogP contribution in [0, 0.1) is 11.7 Å². The monoisotopic (exact) mass is 353 g/mol. The van der Waals surface area contributed by atoms with Gasteiger partial charge in [-0.05, 0) is 44.9 Å². The quantitative estimate of drug-likeness (QED) is 0.767. The highest BCUT2D eigenvalue weighted by atomic mass is 19.1. The number of amides is 1. The number of benzene rings is 1. The number of carboxylic acid groups (broad SMARTS) is 1. The normalized spacial score (nSPS) is 13.7. The molecule has 1 aromatic rings. The zero-order valence-electron chi connectivity index (χ0n) is 15.1. The van der Waals surface area contributed by atoms with Gasteiger partial charge in [0.2, 0.25) is 0 Å². The Kier molecular flexibility index (Phi) is 6.67. The Morgan fingerprint density at radius 3 is 2.32 bits per heavy atom. The molecule has 0 spiro atoms. The fraction of sp³-hybridized carbons (Fsp3) is 0.500. The highest BCUT2D eigenvalue weighted by Gasteiger charge is 2.31. The van der Waals surface area contributed by atoms with Gasteiger partial charge in [0.1, 0.15) is 17.5 Å². The van der Waals surface area contributed by atoms with Crippen molar-refractivity contribution in [1.29, 1.82) is 0 Å². The Hall–Kier alpha value is -2.44. The van der Waals surface area contributed by atoms with E-state index in [0.717, 1.165) is 18.2 Å². The maximum absolute atomic E-state index is 14.0. The summed E-state index contributed by atoms with van der Waals surface area (Å²) in [6.07, 6.45) is 0.602. The van der Waals surface area contributed by atoms with Gasteiger partial charge in [-0.2, -0.15) is 0 Å². The Bertz CT molecular complexity index is 666. The molecule has 0 bridgehead atoms. The molecule has 2 N–H and O–H groups in total. The molecule has 0 aliphatic rings. The number of rotatable bonds is 6. The molecule has 0 aliphatic heterocycles. The highest BCUT2D eigenvalue weighted by Crippen LogP contribution is 2.17. The maximum atomic E-state index is 14.0. The van der Waals surface area contributed by atoms with Gasteiger partial charge in [-0.15, -0.1) is 0 Å². The molecule has 25 heavy (non-hydrogen) atoms. The molecule has 1 amide bonds. The number of aromatic carboxylic acids is 1. The zero-order chi connectivity index (χ0) is 19.4. The molecule has 138 valence electrons. The van der Waals surface area contributed by atoms with Crippen LogP contribution in [-0.4, -0.2) is 34.6 Å². The van der Waals surface area contributed by atoms with Gasteiger partial charge in [0.15, 0.2) is 0 Å². The Morgan fingerprint density at radius 2 is 1.88 bits per heavy atom. The van der Waals surface area contributed by atoms with E-state index in [-0.39, 0.29) is 17.0 Å². The third kappa shape index (κ3) is 5.85. The number of halogens is 1. The van der Waals surface area contributed by atoms with Crippen LogP contribution in [0.15, 0.2) is 18.2 Å². The average Bonchev–Trinajstić information content (AvgIpc) is 2.49. The number of hydrogen-bond donors (Lipinski definition) is 2. The van der Waals surface area contributed by atoms with Gasteiger partial charge < -0.3 is 15.2 Å². The third-order valence-corrected chi connectivity index (χ3v) is 3.62. The Labute approximate surface area is 146 Å². The predicted molar refractivity (Wildman–Crippen MR) is 89.9 cm³/mol. The number of carbonyl (C=O) groups excluding carboxylic acids is 2. The van der Waals surface area contributed by atoms with E-state index < -0.39 is 35.3 Å². The second kappa shape index (κ2) is 8.09. The zero-order valence-corrected chi connectivity index (χ0v) is 15.1. The van der Waals surface area contributed by atoms with Gasteiger partial charge in [-0.25, -0.2) is 14.0 Å². The topological polar surface area (TPSA) is 92.7 Å². The largest absolute Gasteiger partial charge is 0.478 e. The fourth-order valence-corrected chi connectivity index (χ4v) is 2.09. The molecular formula is C18H24FNO5. The van der Waals surface area contributed by atoms with E-state index in [9.17, 15) is 18.8 Å². The molecule has 0 aliphatic carbocycles. The average molecular weight is 353 g/mol. The minimum absolute atomic E-state index is 0.222. The van der Waals surface area contributed by atoms with Crippen LogP contribution < -0.4 is 5.32 Å². The van der Waals surface area contributed by atoms with Crippen molar-refractivity contribution in [3.05, 3.63) is 35.1 Å². The van der Waals surface area contributed by atoms with Crippen LogP contribution in [0.1, 0.15) is 61.8 Å². The van der Waals surface area contributed by atoms with Crippen molar-refractivity contribution in [2.24, 2.45) is 5.92 Å². The van der Waals surface area contributed by atoms with Gasteiger partial charge >= 0.3 is 11.9 Å². The van der Waals surface area contributed by atoms with Crippen LogP contribution in [0.25, 0.3) is 0 Å². The fourth-order valence-electron chi connectivity index (χ4n) is 2.09. The van der Waals surface area contributed by atoms with Crippen molar-refractivity contribution >= 4 is 17.8 Å². The number of ether oxygens (including phenoxy) is 1. The molecule has 1 aromatic carbocycles. The molecule has 6 nitrogen and oxygen atoms in total. The minimum atomic E-state index is -1.29. The molecule has 2 atom stereocenters. The molecule has 0 saturated heterocycles. The van der Waals surface area contributed by atoms with Crippen LogP contribution in [0.4, 0.5) is 4.39 Å². The minimum Gasteiger partial charge on any atom is -0.478 e. The lowest BCUT2D eigenvalue weighted by molar-refractivity contribution is -0.158. The first kappa shape index (κ1) is 20.6. The Balaban J connectivity index is 3.02. The molecule has 0 saturated carbocycles. The summed E-state index contributed by atoms with van der Waals surface area (Å²) in [6.45, 7) is 8.77. The van der Waals surface area contributed by atoms with E-state index in [1.807, 2.05) is 6.92 Å². The standard InChI is InChI=1S/C18H24FNO5/c1-6-10(2)14(17(24)25-18(3,4)5)20-15(21)12-8-7-11(16(22)23)9-13(12)19/h7-10,14H,6H2,1-5H3,(H,20,21)(H,22,23)/t10-,14-/m0/s1. The second-order valence-electron chi connectivity index (χ2n) is 6.87. The summed E-state index contributed by atoms with van der Waals surface area (Å²) < 4.78 is 19.3. The molecular weight excluding hydrogens is 329 g/mol. The molecule has 0 heterocycles. The van der Waals surface area contributed by atoms with Crippen molar-refractivity contribution in [1.82, 2.24) is 5.32 Å². The van der Waals surface area contributed by atoms with Crippen LogP contribution in [0.5, 0.6) is 0 Å². The smallest absolute Gasteiger partial charge is 0.335 e. The predicted octanol–water partition coefficient (Wildman–Crippen LogP) is 3.01. The van der Waals surface area contributed by atoms with Gasteiger partial charge in [-0.3, -0.25) is 4.79 Å². The van der Waals surface area contributed by atoms with Gasteiger partial charge in [0, 0.05) is 0 Å². The first-order valence-corrected chi connectivity index (χ1v) is 8.02. The van der Waals surface area contributed by atoms with Gasteiger partial charge in [0.25, 0.3) is 5.91 Å². The number of esters is 1. The lowest BCUT2D eigenvalue weighted by Crippen LogP contribution is -2.48. The third-order valence-electron chi connectivity index (χ3n) is 3.62. The van der Waals surface area contributed by atoms with E-state index in [4.69, 9.17) is 9.84 Å². The van der Waals surface area contributed by atoms with E-state index in [0.29, 0.717) is 6.42 Å². The number of carboxylic acids is 1. The summed E-state index contributed by atoms with van der Waals surface area (Å²) in [5.74, 6) is -3.88. The van der Waals surface area contributed by atoms with E-state index in [1.54, 1.807) is 27.7 Å². The van der Waals surface area contributed by atoms with E-state index in [2.05, 4.69) is 5.32 Å². The molecule has 7 heteroatoms. The van der Waals surface area contributed by atoms with Crippen molar-refractivity contribution in [2.75, 3.05) is 0 Å². The summed E-state index contributed by atoms with van der Waals surface area (Å²) in [4.78, 5) is 35.5. The Morgan fingerprint density at radius 1 is 1.28 bits per heavy atom. The van der Waals surface area contributed by atoms with Crippen molar-refractivity contribution in [2.45, 2.75) is 52.7 Å². The number of carbonyl (C=O) groups is 3. The summed E-state index contributed by atoms with van der Waals surface area (Å²) >= 11 is 0. The first-order valence-electron chi connectivity index (χ1n) is 8.02. The number of hydrogen-bond acceptors (Lipinski definition) is 4. The molecule has 0 radical (unpaired) electrons. The summed E-state index contributed by atoms with van der Waals surface area (Å²) in [5.41, 5.74) is -1.32. The first-order chi connectivity index (χ1) is 11.5. The van der Waals surface area contributed by atoms with Crippen molar-refractivity contribution in [3.8, 4) is 0 Å². The molecule has 0 fully saturated rings. The summed E-state index contributed by atoms with van der Waals surface area (Å²) in [6, 6.07) is 2.04. The molecule has 0 unspecified atom stereocenters. The lowest BCUT2D eigenvalue weighted by atomic mass is 9.98. The van der Waals surface area contributed by atoms with Crippen LogP contribution in [0.3, 0.4) is 0 Å². The SMILES string of the molecule is CC[C@H](C)[C@H](NC(=O)c1ccc(C(=O)O)cc1F)C(=O)OC(C)(C)C. The van der Waals surface area contributed by atoms with Gasteiger partial charge in [-0.1, -0.05) is 20.3 Å². The summed E-state index contributed by atoms with van der Waals surface area (Å²) in [7, 11) is 0. The molecule has 1 rings (SSSR count). The maximum Gasteiger partial charge on any atom is 0.335 e.